The summed E-state index contributed by atoms with van der Waals surface area (Å²) in [6.45, 7) is 22.2. The molecule has 0 aromatic carbocycles. The smallest absolute Gasteiger partial charge is 0.289 e. The Labute approximate surface area is 301 Å². The summed E-state index contributed by atoms with van der Waals surface area (Å²) in [6.07, 6.45) is 4.82. The second-order valence-electron chi connectivity index (χ2n) is 16.5. The van der Waals surface area contributed by atoms with Crippen LogP contribution in [0.3, 0.4) is 0 Å². The SMILES string of the molecule is C=CCNC(=O)C(=O)C(CCCCCC)NC(=O)[C@@H]1CC(C(C)C)CN1C(=O)[C@@H](NC(O)N[C@H](CN1CCCS1(=O)=O)C(C)(C)C)C(C)(C)C. The van der Waals surface area contributed by atoms with E-state index in [-0.39, 0.29) is 36.6 Å². The third-order valence-corrected chi connectivity index (χ3v) is 11.8. The van der Waals surface area contributed by atoms with Crippen molar-refractivity contribution in [3.63, 3.8) is 0 Å². The molecule has 0 aromatic heterocycles. The molecule has 2 aliphatic heterocycles. The number of ketones is 1. The van der Waals surface area contributed by atoms with Gasteiger partial charge in [0.05, 0.1) is 17.8 Å². The number of aliphatic hydroxyl groups excluding tert-OH is 1. The van der Waals surface area contributed by atoms with Gasteiger partial charge < -0.3 is 20.6 Å². The Balaban J connectivity index is 2.32. The van der Waals surface area contributed by atoms with E-state index in [1.54, 1.807) is 4.90 Å². The van der Waals surface area contributed by atoms with Gasteiger partial charge in [0, 0.05) is 32.2 Å². The molecule has 2 saturated heterocycles. The molecule has 14 heteroatoms. The highest BCUT2D eigenvalue weighted by atomic mass is 32.2. The van der Waals surface area contributed by atoms with Gasteiger partial charge in [0.1, 0.15) is 6.04 Å². The summed E-state index contributed by atoms with van der Waals surface area (Å²) in [7, 11) is -3.36. The molecule has 0 spiro atoms. The fourth-order valence-electron chi connectivity index (χ4n) is 6.50. The van der Waals surface area contributed by atoms with Crippen LogP contribution in [0.4, 0.5) is 0 Å². The zero-order chi connectivity index (χ0) is 38.0. The first-order chi connectivity index (χ1) is 23.1. The van der Waals surface area contributed by atoms with Crippen molar-refractivity contribution in [3.8, 4) is 0 Å². The molecule has 13 nitrogen and oxygen atoms in total. The largest absolute Gasteiger partial charge is 0.365 e. The lowest BCUT2D eigenvalue weighted by molar-refractivity contribution is -0.145. The molecule has 2 aliphatic rings. The summed E-state index contributed by atoms with van der Waals surface area (Å²) < 4.78 is 26.6. The average molecular weight is 727 g/mol. The number of sulfonamides is 1. The predicted octanol–water partition coefficient (Wildman–Crippen LogP) is 2.51. The molecule has 0 radical (unpaired) electrons. The van der Waals surface area contributed by atoms with Crippen LogP contribution in [-0.2, 0) is 29.2 Å². The van der Waals surface area contributed by atoms with E-state index in [9.17, 15) is 32.7 Å². The van der Waals surface area contributed by atoms with Gasteiger partial charge in [0.25, 0.3) is 5.91 Å². The number of rotatable bonds is 19. The van der Waals surface area contributed by atoms with Gasteiger partial charge >= 0.3 is 0 Å². The number of aliphatic hydroxyl groups is 1. The highest BCUT2D eigenvalue weighted by molar-refractivity contribution is 7.89. The number of carbonyl (C=O) groups excluding carboxylic acids is 4. The second-order valence-corrected chi connectivity index (χ2v) is 18.6. The zero-order valence-corrected chi connectivity index (χ0v) is 32.8. The fraction of sp³-hybridized carbons (Fsp3) is 0.833. The summed E-state index contributed by atoms with van der Waals surface area (Å²) in [5.74, 6) is -2.10. The molecular formula is C36H66N6O7S. The van der Waals surface area contributed by atoms with Crippen molar-refractivity contribution in [2.75, 3.05) is 31.9 Å². The topological polar surface area (TPSA) is 177 Å². The van der Waals surface area contributed by atoms with E-state index < -0.39 is 69.0 Å². The molecule has 5 N–H and O–H groups in total. The van der Waals surface area contributed by atoms with Crippen LogP contribution in [0.25, 0.3) is 0 Å². The molecule has 2 rings (SSSR count). The van der Waals surface area contributed by atoms with Crippen LogP contribution in [0.2, 0.25) is 0 Å². The molecule has 0 aliphatic carbocycles. The molecule has 0 saturated carbocycles. The number of unbranched alkanes of at least 4 members (excludes halogenated alkanes) is 3. The molecule has 288 valence electrons. The number of nitrogens with one attached hydrogen (secondary N) is 4. The van der Waals surface area contributed by atoms with E-state index in [1.807, 2.05) is 55.4 Å². The minimum atomic E-state index is -3.36. The summed E-state index contributed by atoms with van der Waals surface area (Å²) >= 11 is 0. The summed E-state index contributed by atoms with van der Waals surface area (Å²) in [4.78, 5) is 55.8. The predicted molar refractivity (Wildman–Crippen MR) is 196 cm³/mol. The molecule has 3 amide bonds. The van der Waals surface area contributed by atoms with Crippen molar-refractivity contribution in [3.05, 3.63) is 12.7 Å². The molecule has 6 atom stereocenters. The van der Waals surface area contributed by atoms with Crippen LogP contribution in [0.15, 0.2) is 12.7 Å². The maximum absolute atomic E-state index is 14.5. The van der Waals surface area contributed by atoms with E-state index >= 15 is 0 Å². The average Bonchev–Trinajstić information content (AvgIpc) is 3.61. The van der Waals surface area contributed by atoms with Gasteiger partial charge in [-0.3, -0.25) is 29.8 Å². The molecule has 2 fully saturated rings. The normalized spacial score (nSPS) is 22.2. The van der Waals surface area contributed by atoms with Crippen LogP contribution in [0.5, 0.6) is 0 Å². The second kappa shape index (κ2) is 18.9. The molecule has 2 heterocycles. The van der Waals surface area contributed by atoms with E-state index in [1.165, 1.54) is 10.4 Å². The Bertz CT molecular complexity index is 1280. The molecule has 3 unspecified atom stereocenters. The van der Waals surface area contributed by atoms with Gasteiger partial charge in [-0.2, -0.15) is 0 Å². The highest BCUT2D eigenvalue weighted by Crippen LogP contribution is 2.32. The molecule has 0 aromatic rings. The monoisotopic (exact) mass is 726 g/mol. The van der Waals surface area contributed by atoms with Crippen molar-refractivity contribution in [1.82, 2.24) is 30.5 Å². The van der Waals surface area contributed by atoms with Crippen LogP contribution in [0, 0.1) is 22.7 Å². The van der Waals surface area contributed by atoms with Gasteiger partial charge in [-0.15, -0.1) is 6.58 Å². The van der Waals surface area contributed by atoms with E-state index in [0.29, 0.717) is 38.8 Å². The Hall–Kier alpha value is -2.39. The maximum atomic E-state index is 14.5. The molecule has 0 bridgehead atoms. The maximum Gasteiger partial charge on any atom is 0.289 e. The number of hydrogen-bond acceptors (Lipinski definition) is 9. The van der Waals surface area contributed by atoms with Crippen molar-refractivity contribution in [1.29, 1.82) is 0 Å². The summed E-state index contributed by atoms with van der Waals surface area (Å²) in [5, 5.41) is 22.9. The summed E-state index contributed by atoms with van der Waals surface area (Å²) in [5.41, 5.74) is -1.13. The van der Waals surface area contributed by atoms with Crippen molar-refractivity contribution >= 4 is 33.5 Å². The number of amides is 3. The number of nitrogens with zero attached hydrogens (tertiary/aromatic N) is 2. The Morgan fingerprint density at radius 1 is 1.00 bits per heavy atom. The fourth-order valence-corrected chi connectivity index (χ4v) is 8.03. The highest BCUT2D eigenvalue weighted by Gasteiger charge is 2.46. The van der Waals surface area contributed by atoms with Gasteiger partial charge in [0.2, 0.25) is 27.6 Å². The Morgan fingerprint density at radius 2 is 1.66 bits per heavy atom. The Kier molecular flexibility index (Phi) is 16.6. The van der Waals surface area contributed by atoms with Crippen LogP contribution in [-0.4, -0.2) is 109 Å². The van der Waals surface area contributed by atoms with E-state index in [4.69, 9.17) is 0 Å². The van der Waals surface area contributed by atoms with Crippen LogP contribution in [0.1, 0.15) is 107 Å². The first-order valence-corrected chi connectivity index (χ1v) is 20.0. The molecule has 50 heavy (non-hydrogen) atoms. The van der Waals surface area contributed by atoms with Gasteiger partial charge in [-0.25, -0.2) is 12.7 Å². The van der Waals surface area contributed by atoms with Gasteiger partial charge in [-0.1, -0.05) is 94.1 Å². The summed E-state index contributed by atoms with van der Waals surface area (Å²) in [6, 6.07) is -3.29. The lowest BCUT2D eigenvalue weighted by Crippen LogP contribution is -2.63. The third kappa shape index (κ3) is 12.7. The molecular weight excluding hydrogens is 660 g/mol. The first kappa shape index (κ1) is 43.8. The number of carbonyl (C=O) groups is 4. The number of hydrogen-bond donors (Lipinski definition) is 5. The quantitative estimate of drug-likeness (QED) is 0.0580. The van der Waals surface area contributed by atoms with Crippen molar-refractivity contribution < 1.29 is 32.7 Å². The van der Waals surface area contributed by atoms with E-state index in [2.05, 4.69) is 34.8 Å². The van der Waals surface area contributed by atoms with Crippen molar-refractivity contribution in [2.24, 2.45) is 22.7 Å². The minimum Gasteiger partial charge on any atom is -0.365 e. The van der Waals surface area contributed by atoms with Crippen LogP contribution < -0.4 is 21.3 Å². The minimum absolute atomic E-state index is 0.0145. The number of likely N-dealkylation sites (tertiary alicyclic amines) is 1. The van der Waals surface area contributed by atoms with Crippen LogP contribution >= 0.6 is 0 Å². The van der Waals surface area contributed by atoms with E-state index in [0.717, 1.165) is 19.3 Å². The lowest BCUT2D eigenvalue weighted by Gasteiger charge is -2.40. The lowest BCUT2D eigenvalue weighted by atomic mass is 9.85. The van der Waals surface area contributed by atoms with Crippen molar-refractivity contribution in [2.45, 2.75) is 138 Å². The zero-order valence-electron chi connectivity index (χ0n) is 32.0. The first-order valence-electron chi connectivity index (χ1n) is 18.4. The number of Topliss-reactive ketones (excluding diaryl/α,β-unsaturated/α-hetero) is 1. The third-order valence-electron chi connectivity index (χ3n) is 9.90. The Morgan fingerprint density at radius 3 is 2.18 bits per heavy atom. The van der Waals surface area contributed by atoms with Gasteiger partial charge in [-0.05, 0) is 41.9 Å². The van der Waals surface area contributed by atoms with Gasteiger partial charge in [0.15, 0.2) is 6.35 Å². The standard InChI is InChI=1S/C36H66N6O7S/c1-11-13-14-15-17-26(29(43)32(45)37-18-12-2)38-31(44)27-21-25(24(3)4)22-42(27)33(46)30(36(8,9)10)40-34(47)39-28(35(5,6)7)23-41-19-16-20-50(41,48)49/h12,24-28,30,34,39-40,47H,2,11,13-23H2,1,3-10H3,(H,37,45)(H,38,44)/t25?,26?,27-,28+,30+,34?/m0/s1.